The Morgan fingerprint density at radius 2 is 1.82 bits per heavy atom. The van der Waals surface area contributed by atoms with Crippen LogP contribution in [-0.4, -0.2) is 44.8 Å². The number of aryl methyl sites for hydroxylation is 1. The van der Waals surface area contributed by atoms with Crippen molar-refractivity contribution in [1.29, 1.82) is 5.41 Å². The van der Waals surface area contributed by atoms with Gasteiger partial charge in [-0.1, -0.05) is 80.6 Å². The van der Waals surface area contributed by atoms with Gasteiger partial charge in [-0.15, -0.1) is 0 Å². The van der Waals surface area contributed by atoms with Crippen molar-refractivity contribution < 1.29 is 27.6 Å². The molecule has 0 saturated carbocycles. The van der Waals surface area contributed by atoms with Crippen molar-refractivity contribution in [3.63, 3.8) is 0 Å². The number of hydrogen-bond acceptors (Lipinski definition) is 5. The number of nitrogens with two attached hydrogens (primary N) is 1. The number of hydrogen-bond donors (Lipinski definition) is 3. The number of carboxylic acids is 1. The van der Waals surface area contributed by atoms with E-state index >= 15 is 0 Å². The summed E-state index contributed by atoms with van der Waals surface area (Å²) < 4.78 is 37.2. The van der Waals surface area contributed by atoms with Crippen molar-refractivity contribution in [2.75, 3.05) is 6.54 Å². The molecule has 0 amide bonds. The first-order valence-corrected chi connectivity index (χ1v) is 11.1. The van der Waals surface area contributed by atoms with Crippen LogP contribution in [-0.2, 0) is 11.2 Å². The first-order valence-electron chi connectivity index (χ1n) is 11.1. The molecule has 34 heavy (non-hydrogen) atoms. The molecule has 1 aromatic carbocycles. The summed E-state index contributed by atoms with van der Waals surface area (Å²) in [6.07, 6.45) is 7.80. The number of aliphatic carboxylic acids is 1. The lowest BCUT2D eigenvalue weighted by Gasteiger charge is -2.21. The van der Waals surface area contributed by atoms with Gasteiger partial charge in [0, 0.05) is 12.1 Å². The van der Waals surface area contributed by atoms with Gasteiger partial charge >= 0.3 is 12.1 Å². The molecule has 0 unspecified atom stereocenters. The van der Waals surface area contributed by atoms with E-state index in [1.807, 2.05) is 24.3 Å². The van der Waals surface area contributed by atoms with Crippen LogP contribution in [0.5, 0.6) is 0 Å². The molecule has 0 bridgehead atoms. The largest absolute Gasteiger partial charge is 0.490 e. The Bertz CT molecular complexity index is 958. The van der Waals surface area contributed by atoms with Crippen LogP contribution in [0.2, 0.25) is 0 Å². The highest BCUT2D eigenvalue weighted by Gasteiger charge is 2.38. The van der Waals surface area contributed by atoms with Gasteiger partial charge in [-0.05, 0) is 18.4 Å². The van der Waals surface area contributed by atoms with E-state index in [-0.39, 0.29) is 12.0 Å². The Balaban J connectivity index is 0.000000509. The standard InChI is InChI=1S/C21H29N5O.C2HF3O2/c1-2-3-4-5-6-7-9-16-11-13-17(14-12-16)19-24-20(27-25-19)18-10-8-15-26(18)21(22)23;3-2(4,5)1(6)7/h8,10-14,18H,2-7,9,15H2,1H3,(H3,22,23);(H,6,7)/t18-;/m0./s1. The fourth-order valence-corrected chi connectivity index (χ4v) is 3.39. The average Bonchev–Trinajstić information content (AvgIpc) is 3.46. The predicted octanol–water partition coefficient (Wildman–Crippen LogP) is 5.08. The molecule has 0 radical (unpaired) electrons. The summed E-state index contributed by atoms with van der Waals surface area (Å²) in [5, 5.41) is 18.9. The maximum atomic E-state index is 10.6. The number of nitrogens with zero attached hydrogens (tertiary/aromatic N) is 3. The number of nitrogens with one attached hydrogen (secondary N) is 1. The van der Waals surface area contributed by atoms with Gasteiger partial charge in [-0.3, -0.25) is 5.41 Å². The van der Waals surface area contributed by atoms with Gasteiger partial charge in [0.05, 0.1) is 0 Å². The Labute approximate surface area is 196 Å². The SMILES string of the molecule is CCCCCCCCc1ccc(-c2noc([C@@H]3C=CCN3C(=N)N)n2)cc1.O=C(O)C(F)(F)F. The van der Waals surface area contributed by atoms with Gasteiger partial charge in [0.2, 0.25) is 5.82 Å². The first kappa shape index (κ1) is 26.9. The molecule has 8 nitrogen and oxygen atoms in total. The van der Waals surface area contributed by atoms with Gasteiger partial charge in [-0.2, -0.15) is 18.2 Å². The van der Waals surface area contributed by atoms with Gasteiger partial charge in [0.15, 0.2) is 5.96 Å². The monoisotopic (exact) mass is 481 g/mol. The van der Waals surface area contributed by atoms with Crippen LogP contribution in [0.15, 0.2) is 40.9 Å². The molecule has 3 rings (SSSR count). The van der Waals surface area contributed by atoms with Crippen LogP contribution in [0.4, 0.5) is 13.2 Å². The maximum Gasteiger partial charge on any atom is 0.490 e. The minimum atomic E-state index is -5.08. The lowest BCUT2D eigenvalue weighted by molar-refractivity contribution is -0.192. The molecular weight excluding hydrogens is 451 g/mol. The molecule has 0 aliphatic carbocycles. The van der Waals surface area contributed by atoms with Crippen molar-refractivity contribution in [2.24, 2.45) is 5.73 Å². The van der Waals surface area contributed by atoms with Crippen LogP contribution < -0.4 is 5.73 Å². The second-order valence-corrected chi connectivity index (χ2v) is 7.88. The number of aromatic nitrogens is 2. The normalized spacial score (nSPS) is 15.2. The summed E-state index contributed by atoms with van der Waals surface area (Å²) in [6.45, 7) is 2.84. The van der Waals surface area contributed by atoms with E-state index in [1.54, 1.807) is 4.90 Å². The van der Waals surface area contributed by atoms with Crippen LogP contribution in [0.3, 0.4) is 0 Å². The highest BCUT2D eigenvalue weighted by molar-refractivity contribution is 5.76. The van der Waals surface area contributed by atoms with Gasteiger partial charge < -0.3 is 20.3 Å². The highest BCUT2D eigenvalue weighted by atomic mass is 19.4. The second kappa shape index (κ2) is 12.8. The molecule has 1 aliphatic rings. The summed E-state index contributed by atoms with van der Waals surface area (Å²) in [7, 11) is 0. The number of rotatable bonds is 9. The molecule has 1 aromatic heterocycles. The smallest absolute Gasteiger partial charge is 0.475 e. The quantitative estimate of drug-likeness (QED) is 0.197. The summed E-state index contributed by atoms with van der Waals surface area (Å²) in [4.78, 5) is 15.1. The molecule has 0 saturated heterocycles. The molecular formula is C23H30F3N5O3. The Morgan fingerprint density at radius 3 is 2.41 bits per heavy atom. The van der Waals surface area contributed by atoms with Crippen LogP contribution >= 0.6 is 0 Å². The number of halogens is 3. The van der Waals surface area contributed by atoms with E-state index < -0.39 is 12.1 Å². The van der Waals surface area contributed by atoms with E-state index in [2.05, 4.69) is 29.2 Å². The number of benzene rings is 1. The molecule has 11 heteroatoms. The van der Waals surface area contributed by atoms with Crippen molar-refractivity contribution in [1.82, 2.24) is 15.0 Å². The van der Waals surface area contributed by atoms with Crippen molar-refractivity contribution in [3.05, 3.63) is 47.9 Å². The van der Waals surface area contributed by atoms with Crippen molar-refractivity contribution in [2.45, 2.75) is 64.1 Å². The Morgan fingerprint density at radius 1 is 1.21 bits per heavy atom. The first-order chi connectivity index (χ1) is 16.1. The zero-order valence-electron chi connectivity index (χ0n) is 19.0. The summed E-state index contributed by atoms with van der Waals surface area (Å²) in [5.74, 6) is -1.72. The van der Waals surface area contributed by atoms with E-state index in [9.17, 15) is 13.2 Å². The minimum absolute atomic E-state index is 0.00352. The molecule has 186 valence electrons. The fourth-order valence-electron chi connectivity index (χ4n) is 3.39. The molecule has 2 heterocycles. The van der Waals surface area contributed by atoms with E-state index in [0.29, 0.717) is 18.3 Å². The summed E-state index contributed by atoms with van der Waals surface area (Å²) in [6, 6.07) is 8.14. The third kappa shape index (κ3) is 8.20. The zero-order chi connectivity index (χ0) is 25.1. The highest BCUT2D eigenvalue weighted by Crippen LogP contribution is 2.27. The molecule has 4 N–H and O–H groups in total. The zero-order valence-corrected chi connectivity index (χ0v) is 19.0. The fraction of sp³-hybridized carbons (Fsp3) is 0.478. The number of unbranched alkanes of at least 4 members (excludes halogenated alkanes) is 5. The second-order valence-electron chi connectivity index (χ2n) is 7.88. The van der Waals surface area contributed by atoms with Crippen molar-refractivity contribution in [3.8, 4) is 11.4 Å². The van der Waals surface area contributed by atoms with Gasteiger partial charge in [0.1, 0.15) is 6.04 Å². The van der Waals surface area contributed by atoms with Crippen LogP contribution in [0.1, 0.15) is 62.9 Å². The minimum Gasteiger partial charge on any atom is -0.475 e. The summed E-state index contributed by atoms with van der Waals surface area (Å²) >= 11 is 0. The van der Waals surface area contributed by atoms with Crippen LogP contribution in [0, 0.1) is 5.41 Å². The van der Waals surface area contributed by atoms with Gasteiger partial charge in [0.25, 0.3) is 5.89 Å². The maximum absolute atomic E-state index is 10.6. The van der Waals surface area contributed by atoms with Crippen LogP contribution in [0.25, 0.3) is 11.4 Å². The molecule has 1 atom stereocenters. The van der Waals surface area contributed by atoms with Crippen molar-refractivity contribution >= 4 is 11.9 Å². The molecule has 0 fully saturated rings. The Kier molecular flexibility index (Phi) is 10.1. The summed E-state index contributed by atoms with van der Waals surface area (Å²) in [5.41, 5.74) is 7.90. The number of carbonyl (C=O) groups is 1. The molecule has 1 aliphatic heterocycles. The lowest BCUT2D eigenvalue weighted by atomic mass is 10.0. The number of alkyl halides is 3. The van der Waals surface area contributed by atoms with Gasteiger partial charge in [-0.25, -0.2) is 4.79 Å². The number of carboxylic acid groups (broad SMARTS) is 1. The lowest BCUT2D eigenvalue weighted by Crippen LogP contribution is -2.36. The molecule has 2 aromatic rings. The van der Waals surface area contributed by atoms with E-state index in [4.69, 9.17) is 25.6 Å². The predicted molar refractivity (Wildman–Crippen MR) is 121 cm³/mol. The third-order valence-electron chi connectivity index (χ3n) is 5.23. The topological polar surface area (TPSA) is 129 Å². The Hall–Kier alpha value is -3.37. The third-order valence-corrected chi connectivity index (χ3v) is 5.23. The van der Waals surface area contributed by atoms with E-state index in [1.165, 1.54) is 44.1 Å². The number of guanidine groups is 1. The molecule has 0 spiro atoms. The van der Waals surface area contributed by atoms with E-state index in [0.717, 1.165) is 12.0 Å². The average molecular weight is 482 g/mol.